The van der Waals surface area contributed by atoms with E-state index in [1.165, 1.54) is 0 Å². The van der Waals surface area contributed by atoms with Gasteiger partial charge in [-0.1, -0.05) is 25.9 Å². The van der Waals surface area contributed by atoms with Crippen molar-refractivity contribution < 1.29 is 13.5 Å². The molecule has 0 saturated heterocycles. The summed E-state index contributed by atoms with van der Waals surface area (Å²) >= 11 is 0. The molecule has 0 radical (unpaired) electrons. The van der Waals surface area contributed by atoms with Gasteiger partial charge in [0.1, 0.15) is 11.0 Å². The number of nitrogens with zero attached hydrogens (tertiary/aromatic N) is 2. The molecule has 0 aliphatic carbocycles. The minimum atomic E-state index is -1.25. The van der Waals surface area contributed by atoms with Gasteiger partial charge in [0.25, 0.3) is 0 Å². The number of hydrogen-bond donors (Lipinski definition) is 0. The molecule has 1 heterocycles. The molecule has 21 heavy (non-hydrogen) atoms. The van der Waals surface area contributed by atoms with Gasteiger partial charge in [0.15, 0.2) is 5.82 Å². The van der Waals surface area contributed by atoms with Gasteiger partial charge in [-0.3, -0.25) is 4.21 Å². The first kappa shape index (κ1) is 15.7. The van der Waals surface area contributed by atoms with E-state index in [4.69, 9.17) is 9.26 Å². The van der Waals surface area contributed by atoms with Crippen LogP contribution in [0.15, 0.2) is 33.7 Å². The van der Waals surface area contributed by atoms with Crippen LogP contribution >= 0.6 is 0 Å². The van der Waals surface area contributed by atoms with Gasteiger partial charge in [0.05, 0.1) is 17.9 Å². The van der Waals surface area contributed by atoms with Crippen molar-refractivity contribution in [1.82, 2.24) is 10.1 Å². The Morgan fingerprint density at radius 3 is 2.33 bits per heavy atom. The lowest BCUT2D eigenvalue weighted by Gasteiger charge is -2.11. The Kier molecular flexibility index (Phi) is 4.46. The maximum absolute atomic E-state index is 12.5. The second kappa shape index (κ2) is 5.97. The van der Waals surface area contributed by atoms with Crippen LogP contribution in [0.25, 0.3) is 0 Å². The summed E-state index contributed by atoms with van der Waals surface area (Å²) in [7, 11) is 0.344. The Balaban J connectivity index is 2.20. The average Bonchev–Trinajstić information content (AvgIpc) is 2.95. The zero-order valence-corrected chi connectivity index (χ0v) is 13.7. The number of methoxy groups -OCH3 is 1. The number of hydrogen-bond acceptors (Lipinski definition) is 5. The molecule has 0 amide bonds. The molecule has 1 aromatic carbocycles. The Hall–Kier alpha value is -1.69. The second-order valence-electron chi connectivity index (χ2n) is 5.82. The molecule has 114 valence electrons. The Morgan fingerprint density at radius 1 is 1.24 bits per heavy atom. The van der Waals surface area contributed by atoms with Crippen LogP contribution in [-0.4, -0.2) is 21.5 Å². The summed E-state index contributed by atoms with van der Waals surface area (Å²) in [6.07, 6.45) is 0. The number of ether oxygens (including phenoxy) is 1. The van der Waals surface area contributed by atoms with Crippen LogP contribution in [0.3, 0.4) is 0 Å². The van der Waals surface area contributed by atoms with Gasteiger partial charge in [-0.2, -0.15) is 4.98 Å². The zero-order valence-electron chi connectivity index (χ0n) is 12.9. The standard InChI is InChI=1S/C15H20N2O3S/c1-10(13-16-14(17-20-13)15(2,3)4)21(18)12-8-6-11(19-5)7-9-12/h6-10H,1-5H3/t10-,21-/m0/s1. The number of rotatable bonds is 4. The van der Waals surface area contributed by atoms with E-state index in [0.29, 0.717) is 16.6 Å². The van der Waals surface area contributed by atoms with Crippen molar-refractivity contribution in [2.75, 3.05) is 7.11 Å². The van der Waals surface area contributed by atoms with Gasteiger partial charge in [-0.15, -0.1) is 0 Å². The SMILES string of the molecule is COc1ccc([S@@](=O)[C@@H](C)c2nc(C(C)(C)C)no2)cc1. The van der Waals surface area contributed by atoms with E-state index in [0.717, 1.165) is 5.75 Å². The van der Waals surface area contributed by atoms with Crippen molar-refractivity contribution in [3.63, 3.8) is 0 Å². The molecule has 0 N–H and O–H groups in total. The monoisotopic (exact) mass is 308 g/mol. The minimum Gasteiger partial charge on any atom is -0.497 e. The largest absolute Gasteiger partial charge is 0.497 e. The van der Waals surface area contributed by atoms with Gasteiger partial charge in [0.2, 0.25) is 5.89 Å². The van der Waals surface area contributed by atoms with Crippen molar-refractivity contribution >= 4 is 10.8 Å². The molecule has 0 spiro atoms. The van der Waals surface area contributed by atoms with Crippen LogP contribution in [0.2, 0.25) is 0 Å². The molecule has 2 rings (SSSR count). The van der Waals surface area contributed by atoms with E-state index in [1.807, 2.05) is 27.7 Å². The fourth-order valence-corrected chi connectivity index (χ4v) is 2.80. The summed E-state index contributed by atoms with van der Waals surface area (Å²) in [4.78, 5) is 5.07. The molecular weight excluding hydrogens is 288 g/mol. The van der Waals surface area contributed by atoms with Crippen LogP contribution in [0.4, 0.5) is 0 Å². The summed E-state index contributed by atoms with van der Waals surface area (Å²) in [6.45, 7) is 7.84. The molecule has 1 aromatic heterocycles. The molecule has 0 aliphatic heterocycles. The van der Waals surface area contributed by atoms with Crippen LogP contribution < -0.4 is 4.74 Å². The molecule has 0 fully saturated rings. The number of aromatic nitrogens is 2. The van der Waals surface area contributed by atoms with Crippen molar-refractivity contribution in [3.05, 3.63) is 36.0 Å². The van der Waals surface area contributed by atoms with E-state index in [9.17, 15) is 4.21 Å². The highest BCUT2D eigenvalue weighted by Gasteiger charge is 2.26. The normalized spacial score (nSPS) is 14.7. The molecule has 0 saturated carbocycles. The molecule has 2 atom stereocenters. The van der Waals surface area contributed by atoms with Crippen LogP contribution in [0.1, 0.15) is 44.7 Å². The lowest BCUT2D eigenvalue weighted by atomic mass is 9.96. The average molecular weight is 308 g/mol. The highest BCUT2D eigenvalue weighted by molar-refractivity contribution is 7.85. The molecule has 0 unspecified atom stereocenters. The van der Waals surface area contributed by atoms with Gasteiger partial charge in [-0.05, 0) is 31.2 Å². The lowest BCUT2D eigenvalue weighted by Crippen LogP contribution is -2.13. The van der Waals surface area contributed by atoms with Gasteiger partial charge >= 0.3 is 0 Å². The number of benzene rings is 1. The highest BCUT2D eigenvalue weighted by atomic mass is 32.2. The first-order chi connectivity index (χ1) is 9.82. The topological polar surface area (TPSA) is 65.2 Å². The van der Waals surface area contributed by atoms with Crippen LogP contribution in [-0.2, 0) is 16.2 Å². The molecular formula is C15H20N2O3S. The third kappa shape index (κ3) is 3.50. The first-order valence-corrected chi connectivity index (χ1v) is 7.93. The smallest absolute Gasteiger partial charge is 0.242 e. The van der Waals surface area contributed by atoms with E-state index in [2.05, 4.69) is 10.1 Å². The first-order valence-electron chi connectivity index (χ1n) is 6.71. The fraction of sp³-hybridized carbons (Fsp3) is 0.467. The van der Waals surface area contributed by atoms with Crippen molar-refractivity contribution in [3.8, 4) is 5.75 Å². The van der Waals surface area contributed by atoms with E-state index in [1.54, 1.807) is 31.4 Å². The van der Waals surface area contributed by atoms with E-state index >= 15 is 0 Å². The van der Waals surface area contributed by atoms with Crippen molar-refractivity contribution in [1.29, 1.82) is 0 Å². The summed E-state index contributed by atoms with van der Waals surface area (Å²) in [5.41, 5.74) is -0.191. The van der Waals surface area contributed by atoms with E-state index < -0.39 is 10.8 Å². The quantitative estimate of drug-likeness (QED) is 0.867. The molecule has 0 bridgehead atoms. The van der Waals surface area contributed by atoms with E-state index in [-0.39, 0.29) is 10.7 Å². The maximum atomic E-state index is 12.5. The Bertz CT molecular complexity index is 629. The van der Waals surface area contributed by atoms with Gasteiger partial charge in [-0.25, -0.2) is 0 Å². The summed E-state index contributed by atoms with van der Waals surface area (Å²) in [6, 6.07) is 7.14. The third-order valence-corrected chi connectivity index (χ3v) is 4.65. The van der Waals surface area contributed by atoms with Crippen molar-refractivity contribution in [2.45, 2.75) is 43.3 Å². The minimum absolute atomic E-state index is 0.191. The second-order valence-corrected chi connectivity index (χ2v) is 7.59. The zero-order chi connectivity index (χ0) is 15.6. The summed E-state index contributed by atoms with van der Waals surface area (Å²) in [5, 5.41) is 3.61. The van der Waals surface area contributed by atoms with Crippen LogP contribution in [0.5, 0.6) is 5.75 Å². The maximum Gasteiger partial charge on any atom is 0.242 e. The highest BCUT2D eigenvalue weighted by Crippen LogP contribution is 2.27. The predicted molar refractivity (Wildman–Crippen MR) is 80.8 cm³/mol. The van der Waals surface area contributed by atoms with Crippen LogP contribution in [0, 0.1) is 0 Å². The fourth-order valence-electron chi connectivity index (χ4n) is 1.71. The lowest BCUT2D eigenvalue weighted by molar-refractivity contribution is 0.363. The summed E-state index contributed by atoms with van der Waals surface area (Å²) < 4.78 is 22.9. The Labute approximate surface area is 127 Å². The molecule has 5 nitrogen and oxygen atoms in total. The van der Waals surface area contributed by atoms with Crippen molar-refractivity contribution in [2.24, 2.45) is 0 Å². The predicted octanol–water partition coefficient (Wildman–Crippen LogP) is 3.24. The van der Waals surface area contributed by atoms with Gasteiger partial charge in [0, 0.05) is 10.3 Å². The molecule has 0 aliphatic rings. The Morgan fingerprint density at radius 2 is 1.86 bits per heavy atom. The molecule has 2 aromatic rings. The summed E-state index contributed by atoms with van der Waals surface area (Å²) in [5.74, 6) is 1.75. The van der Waals surface area contributed by atoms with Gasteiger partial charge < -0.3 is 9.26 Å². The third-order valence-electron chi connectivity index (χ3n) is 3.07. The molecule has 6 heteroatoms.